The quantitative estimate of drug-likeness (QED) is 0.882. The summed E-state index contributed by atoms with van der Waals surface area (Å²) in [6, 6.07) is 3.39. The van der Waals surface area contributed by atoms with E-state index in [0.29, 0.717) is 38.8 Å². The molecule has 7 nitrogen and oxygen atoms in total. The van der Waals surface area contributed by atoms with Crippen LogP contribution in [-0.4, -0.2) is 81.9 Å². The topological polar surface area (TPSA) is 77.0 Å². The summed E-state index contributed by atoms with van der Waals surface area (Å²) < 4.78 is 0. The first kappa shape index (κ1) is 17.7. The van der Waals surface area contributed by atoms with Crippen LogP contribution in [0.15, 0.2) is 18.3 Å². The number of carbonyl (C=O) groups excluding carboxylic acids is 2. The van der Waals surface area contributed by atoms with Gasteiger partial charge in [-0.25, -0.2) is 4.98 Å². The number of likely N-dealkylation sites (tertiary alicyclic amines) is 1. The molecule has 1 aromatic rings. The summed E-state index contributed by atoms with van der Waals surface area (Å²) in [5, 5.41) is 9.78. The third-order valence-corrected chi connectivity index (χ3v) is 5.13. The summed E-state index contributed by atoms with van der Waals surface area (Å²) in [6.07, 6.45) is 4.88. The van der Waals surface area contributed by atoms with Gasteiger partial charge in [-0.15, -0.1) is 0 Å². The van der Waals surface area contributed by atoms with Gasteiger partial charge in [-0.1, -0.05) is 0 Å². The fraction of sp³-hybridized carbons (Fsp3) is 0.611. The zero-order chi connectivity index (χ0) is 17.8. The number of carbonyl (C=O) groups is 2. The fourth-order valence-electron chi connectivity index (χ4n) is 3.57. The number of nitrogens with zero attached hydrogens (tertiary/aromatic N) is 4. The van der Waals surface area contributed by atoms with Crippen molar-refractivity contribution in [2.45, 2.75) is 32.2 Å². The molecular weight excluding hydrogens is 320 g/mol. The van der Waals surface area contributed by atoms with Crippen molar-refractivity contribution < 1.29 is 14.7 Å². The normalized spacial score (nSPS) is 22.0. The summed E-state index contributed by atoms with van der Waals surface area (Å²) in [7, 11) is 0. The van der Waals surface area contributed by atoms with Crippen molar-refractivity contribution in [1.82, 2.24) is 19.7 Å². The average molecular weight is 346 g/mol. The number of pyridine rings is 1. The van der Waals surface area contributed by atoms with E-state index in [2.05, 4.69) is 16.8 Å². The Morgan fingerprint density at radius 1 is 1.20 bits per heavy atom. The summed E-state index contributed by atoms with van der Waals surface area (Å²) in [4.78, 5) is 34.7. The Kier molecular flexibility index (Phi) is 5.53. The van der Waals surface area contributed by atoms with E-state index in [4.69, 9.17) is 0 Å². The van der Waals surface area contributed by atoms with Crippen LogP contribution in [0.4, 0.5) is 0 Å². The minimum absolute atomic E-state index is 0.0918. The molecule has 0 saturated carbocycles. The molecule has 1 N–H and O–H groups in total. The van der Waals surface area contributed by atoms with Crippen LogP contribution in [0.25, 0.3) is 0 Å². The third-order valence-electron chi connectivity index (χ3n) is 5.13. The lowest BCUT2D eigenvalue weighted by atomic mass is 10.0. The molecule has 2 aliphatic rings. The average Bonchev–Trinajstić information content (AvgIpc) is 2.62. The van der Waals surface area contributed by atoms with Crippen molar-refractivity contribution in [3.8, 4) is 5.75 Å². The second-order valence-corrected chi connectivity index (χ2v) is 6.87. The maximum atomic E-state index is 12.5. The number of piperazine rings is 1. The highest BCUT2D eigenvalue weighted by atomic mass is 16.3. The lowest BCUT2D eigenvalue weighted by Crippen LogP contribution is -2.53. The highest BCUT2D eigenvalue weighted by Crippen LogP contribution is 2.18. The molecule has 3 heterocycles. The van der Waals surface area contributed by atoms with Gasteiger partial charge in [0.2, 0.25) is 5.91 Å². The molecule has 2 saturated heterocycles. The van der Waals surface area contributed by atoms with Crippen molar-refractivity contribution >= 4 is 11.8 Å². The molecule has 1 aromatic heterocycles. The number of aromatic hydroxyl groups is 1. The third kappa shape index (κ3) is 4.10. The molecule has 0 radical (unpaired) electrons. The molecule has 0 aromatic carbocycles. The van der Waals surface area contributed by atoms with Gasteiger partial charge >= 0.3 is 0 Å². The molecule has 3 rings (SSSR count). The zero-order valence-corrected chi connectivity index (χ0v) is 14.7. The van der Waals surface area contributed by atoms with Crippen LogP contribution >= 0.6 is 0 Å². The lowest BCUT2D eigenvalue weighted by molar-refractivity contribution is -0.136. The van der Waals surface area contributed by atoms with E-state index in [0.717, 1.165) is 19.4 Å². The SMILES string of the molecule is C[C@H]1CCCCN1C(=O)CN1CCN(C(=O)c2ncccc2O)CC1. The summed E-state index contributed by atoms with van der Waals surface area (Å²) in [6.45, 7) is 5.79. The molecule has 2 amide bonds. The van der Waals surface area contributed by atoms with Crippen LogP contribution < -0.4 is 0 Å². The number of amides is 2. The maximum Gasteiger partial charge on any atom is 0.276 e. The van der Waals surface area contributed by atoms with Crippen molar-refractivity contribution in [3.05, 3.63) is 24.0 Å². The van der Waals surface area contributed by atoms with Crippen LogP contribution in [0.1, 0.15) is 36.7 Å². The van der Waals surface area contributed by atoms with Crippen molar-refractivity contribution in [2.24, 2.45) is 0 Å². The number of aromatic nitrogens is 1. The molecule has 7 heteroatoms. The molecule has 0 aliphatic carbocycles. The Bertz CT molecular complexity index is 629. The van der Waals surface area contributed by atoms with E-state index in [9.17, 15) is 14.7 Å². The maximum absolute atomic E-state index is 12.5. The molecule has 2 fully saturated rings. The first-order valence-electron chi connectivity index (χ1n) is 9.01. The fourth-order valence-corrected chi connectivity index (χ4v) is 3.57. The second-order valence-electron chi connectivity index (χ2n) is 6.87. The zero-order valence-electron chi connectivity index (χ0n) is 14.7. The van der Waals surface area contributed by atoms with Crippen LogP contribution in [0, 0.1) is 0 Å². The van der Waals surface area contributed by atoms with Crippen LogP contribution in [0.3, 0.4) is 0 Å². The summed E-state index contributed by atoms with van der Waals surface area (Å²) in [5.74, 6) is -0.160. The Labute approximate surface area is 148 Å². The monoisotopic (exact) mass is 346 g/mol. The van der Waals surface area contributed by atoms with Crippen molar-refractivity contribution in [2.75, 3.05) is 39.3 Å². The van der Waals surface area contributed by atoms with Crippen molar-refractivity contribution in [1.29, 1.82) is 0 Å². The largest absolute Gasteiger partial charge is 0.505 e. The van der Waals surface area contributed by atoms with Gasteiger partial charge in [0.1, 0.15) is 5.75 Å². The first-order valence-corrected chi connectivity index (χ1v) is 9.01. The number of hydrogen-bond donors (Lipinski definition) is 1. The van der Waals surface area contributed by atoms with Gasteiger partial charge in [-0.3, -0.25) is 14.5 Å². The number of rotatable bonds is 3. The molecule has 0 bridgehead atoms. The second kappa shape index (κ2) is 7.82. The number of piperidine rings is 1. The van der Waals surface area contributed by atoms with E-state index in [1.807, 2.05) is 4.90 Å². The van der Waals surface area contributed by atoms with Gasteiger partial charge < -0.3 is 14.9 Å². The van der Waals surface area contributed by atoms with Gasteiger partial charge in [0.25, 0.3) is 5.91 Å². The van der Waals surface area contributed by atoms with Gasteiger partial charge in [-0.2, -0.15) is 0 Å². The Morgan fingerprint density at radius 3 is 2.64 bits per heavy atom. The number of hydrogen-bond acceptors (Lipinski definition) is 5. The summed E-state index contributed by atoms with van der Waals surface area (Å²) >= 11 is 0. The molecule has 0 unspecified atom stereocenters. The van der Waals surface area contributed by atoms with E-state index in [1.165, 1.54) is 18.7 Å². The highest BCUT2D eigenvalue weighted by Gasteiger charge is 2.28. The van der Waals surface area contributed by atoms with E-state index >= 15 is 0 Å². The molecule has 25 heavy (non-hydrogen) atoms. The van der Waals surface area contributed by atoms with E-state index < -0.39 is 0 Å². The Hall–Kier alpha value is -2.15. The Balaban J connectivity index is 1.51. The molecule has 1 atom stereocenters. The summed E-state index contributed by atoms with van der Waals surface area (Å²) in [5.41, 5.74) is 0.0918. The molecule has 0 spiro atoms. The van der Waals surface area contributed by atoms with Crippen molar-refractivity contribution in [3.63, 3.8) is 0 Å². The standard InChI is InChI=1S/C18H26N4O3/c1-14-5-2-3-8-22(14)16(24)13-20-9-11-21(12-10-20)18(25)17-15(23)6-4-7-19-17/h4,6-7,14,23H,2-3,5,8-13H2,1H3/t14-/m0/s1. The predicted octanol–water partition coefficient (Wildman–Crippen LogP) is 0.946. The Morgan fingerprint density at radius 2 is 1.96 bits per heavy atom. The smallest absolute Gasteiger partial charge is 0.276 e. The van der Waals surface area contributed by atoms with Gasteiger partial charge in [0, 0.05) is 45.0 Å². The van der Waals surface area contributed by atoms with Gasteiger partial charge in [0.05, 0.1) is 6.54 Å². The minimum atomic E-state index is -0.256. The molecular formula is C18H26N4O3. The van der Waals surface area contributed by atoms with Crippen LogP contribution in [-0.2, 0) is 4.79 Å². The first-order chi connectivity index (χ1) is 12.1. The highest BCUT2D eigenvalue weighted by molar-refractivity contribution is 5.94. The minimum Gasteiger partial charge on any atom is -0.505 e. The lowest BCUT2D eigenvalue weighted by Gasteiger charge is -2.38. The molecule has 2 aliphatic heterocycles. The van der Waals surface area contributed by atoms with Crippen LogP contribution in [0.2, 0.25) is 0 Å². The van der Waals surface area contributed by atoms with E-state index in [-0.39, 0.29) is 23.3 Å². The predicted molar refractivity (Wildman–Crippen MR) is 93.3 cm³/mol. The van der Waals surface area contributed by atoms with Gasteiger partial charge in [-0.05, 0) is 38.3 Å². The van der Waals surface area contributed by atoms with Gasteiger partial charge in [0.15, 0.2) is 5.69 Å². The molecule has 136 valence electrons. The van der Waals surface area contributed by atoms with Crippen LogP contribution in [0.5, 0.6) is 5.75 Å². The van der Waals surface area contributed by atoms with E-state index in [1.54, 1.807) is 11.0 Å².